The average Bonchev–Trinajstić information content (AvgIpc) is 2.65. The van der Waals surface area contributed by atoms with Crippen molar-refractivity contribution in [1.29, 1.82) is 0 Å². The lowest BCUT2D eigenvalue weighted by atomic mass is 9.77. The number of anilines is 1. The topological polar surface area (TPSA) is 26.0 Å². The van der Waals surface area contributed by atoms with E-state index in [4.69, 9.17) is 18.4 Å². The molecule has 0 aromatic heterocycles. The van der Waals surface area contributed by atoms with Gasteiger partial charge in [0, 0.05) is 21.4 Å². The van der Waals surface area contributed by atoms with E-state index in [1.807, 2.05) is 0 Å². The number of benzene rings is 2. The maximum absolute atomic E-state index is 6.50. The van der Waals surface area contributed by atoms with Crippen LogP contribution in [0.1, 0.15) is 87.2 Å². The second-order valence-electron chi connectivity index (χ2n) is 7.84. The van der Waals surface area contributed by atoms with Gasteiger partial charge in [-0.2, -0.15) is 0 Å². The van der Waals surface area contributed by atoms with Gasteiger partial charge < -0.3 is 5.73 Å². The summed E-state index contributed by atoms with van der Waals surface area (Å²) in [6.07, 6.45) is 13.5. The van der Waals surface area contributed by atoms with Gasteiger partial charge in [0.15, 0.2) is 0 Å². The smallest absolute Gasteiger partial charge is 0.0397 e. The highest BCUT2D eigenvalue weighted by atomic mass is 32.1. The highest BCUT2D eigenvalue weighted by Crippen LogP contribution is 2.44. The first-order chi connectivity index (χ1) is 11.8. The Balaban J connectivity index is 1.88. The van der Waals surface area contributed by atoms with Gasteiger partial charge in [0.2, 0.25) is 0 Å². The molecular formula is C22H29NS. The Kier molecular flexibility index (Phi) is 4.76. The Morgan fingerprint density at radius 1 is 0.667 bits per heavy atom. The van der Waals surface area contributed by atoms with Crippen molar-refractivity contribution in [1.82, 2.24) is 0 Å². The molecule has 128 valence electrons. The number of hydrogen-bond donors (Lipinski definition) is 2. The number of thiol groups is 1. The van der Waals surface area contributed by atoms with Crippen molar-refractivity contribution in [2.24, 2.45) is 0 Å². The van der Waals surface area contributed by atoms with Crippen LogP contribution in [0.3, 0.4) is 0 Å². The molecule has 0 saturated heterocycles. The molecule has 0 unspecified atom stereocenters. The van der Waals surface area contributed by atoms with E-state index in [9.17, 15) is 0 Å². The van der Waals surface area contributed by atoms with Crippen LogP contribution in [0.2, 0.25) is 0 Å². The van der Waals surface area contributed by atoms with Crippen LogP contribution in [0, 0.1) is 0 Å². The lowest BCUT2D eigenvalue weighted by molar-refractivity contribution is 0.442. The Bertz CT molecular complexity index is 662. The standard InChI is InChI=1S/C22H29NS/c23-19-13-14-20(24)22-18(16-9-5-2-6-10-16)12-11-17(21(19)22)15-7-3-1-4-8-15/h11-16,24H,1-10,23H2. The predicted molar refractivity (Wildman–Crippen MR) is 107 cm³/mol. The molecule has 2 aromatic rings. The van der Waals surface area contributed by atoms with Gasteiger partial charge in [0.05, 0.1) is 0 Å². The quantitative estimate of drug-likeness (QED) is 0.456. The minimum absolute atomic E-state index is 0.680. The minimum Gasteiger partial charge on any atom is -0.398 e. The van der Waals surface area contributed by atoms with Crippen LogP contribution in [0.25, 0.3) is 10.8 Å². The number of nitrogens with two attached hydrogens (primary N) is 1. The van der Waals surface area contributed by atoms with Crippen molar-refractivity contribution < 1.29 is 0 Å². The fraction of sp³-hybridized carbons (Fsp3) is 0.545. The molecule has 2 aromatic carbocycles. The van der Waals surface area contributed by atoms with Gasteiger partial charge in [-0.1, -0.05) is 50.7 Å². The third-order valence-corrected chi connectivity index (χ3v) is 6.70. The van der Waals surface area contributed by atoms with E-state index < -0.39 is 0 Å². The molecule has 0 atom stereocenters. The molecule has 2 N–H and O–H groups in total. The van der Waals surface area contributed by atoms with Gasteiger partial charge in [-0.15, -0.1) is 12.6 Å². The van der Waals surface area contributed by atoms with Crippen LogP contribution >= 0.6 is 12.6 Å². The molecule has 2 aliphatic carbocycles. The Labute approximate surface area is 151 Å². The van der Waals surface area contributed by atoms with Crippen LogP contribution in [0.5, 0.6) is 0 Å². The maximum atomic E-state index is 6.50. The zero-order valence-corrected chi connectivity index (χ0v) is 15.5. The summed E-state index contributed by atoms with van der Waals surface area (Å²) in [7, 11) is 0. The van der Waals surface area contributed by atoms with Gasteiger partial charge >= 0.3 is 0 Å². The first-order valence-corrected chi connectivity index (χ1v) is 10.2. The van der Waals surface area contributed by atoms with Gasteiger partial charge in [0.25, 0.3) is 0 Å². The molecule has 2 aliphatic rings. The van der Waals surface area contributed by atoms with E-state index in [-0.39, 0.29) is 0 Å². The molecule has 0 radical (unpaired) electrons. The summed E-state index contributed by atoms with van der Waals surface area (Å²) in [4.78, 5) is 1.11. The monoisotopic (exact) mass is 339 g/mol. The van der Waals surface area contributed by atoms with Gasteiger partial charge in [-0.3, -0.25) is 0 Å². The third-order valence-electron chi connectivity index (χ3n) is 6.33. The second kappa shape index (κ2) is 7.00. The number of fused-ring (bicyclic) bond motifs is 1. The van der Waals surface area contributed by atoms with Gasteiger partial charge in [0.1, 0.15) is 0 Å². The first kappa shape index (κ1) is 16.3. The van der Waals surface area contributed by atoms with Crippen molar-refractivity contribution in [3.8, 4) is 0 Å². The summed E-state index contributed by atoms with van der Waals surface area (Å²) in [5.41, 5.74) is 10.4. The zero-order chi connectivity index (χ0) is 16.5. The van der Waals surface area contributed by atoms with Crippen molar-refractivity contribution >= 4 is 29.1 Å². The first-order valence-electron chi connectivity index (χ1n) is 9.79. The molecule has 0 heterocycles. The summed E-state index contributed by atoms with van der Waals surface area (Å²) in [6, 6.07) is 8.98. The molecule has 2 saturated carbocycles. The number of hydrogen-bond acceptors (Lipinski definition) is 2. The Hall–Kier alpha value is -1.15. The van der Waals surface area contributed by atoms with E-state index in [0.29, 0.717) is 11.8 Å². The largest absolute Gasteiger partial charge is 0.398 e. The van der Waals surface area contributed by atoms with Crippen molar-refractivity contribution in [3.63, 3.8) is 0 Å². The molecule has 1 nitrogen and oxygen atoms in total. The van der Waals surface area contributed by atoms with Crippen molar-refractivity contribution in [2.45, 2.75) is 80.9 Å². The third kappa shape index (κ3) is 2.94. The average molecular weight is 340 g/mol. The van der Waals surface area contributed by atoms with Crippen molar-refractivity contribution in [2.75, 3.05) is 5.73 Å². The molecule has 0 spiro atoms. The summed E-state index contributed by atoms with van der Waals surface area (Å²) in [5, 5.41) is 2.67. The normalized spacial score (nSPS) is 20.5. The minimum atomic E-state index is 0.680. The fourth-order valence-electron chi connectivity index (χ4n) is 5.06. The highest BCUT2D eigenvalue weighted by Gasteiger charge is 2.24. The summed E-state index contributed by atoms with van der Waals surface area (Å²) in [6.45, 7) is 0. The maximum Gasteiger partial charge on any atom is 0.0397 e. The van der Waals surface area contributed by atoms with Crippen LogP contribution in [0.4, 0.5) is 5.69 Å². The molecule has 2 heteroatoms. The van der Waals surface area contributed by atoms with Gasteiger partial charge in [-0.05, 0) is 60.8 Å². The van der Waals surface area contributed by atoms with Gasteiger partial charge in [-0.25, -0.2) is 0 Å². The Morgan fingerprint density at radius 2 is 1.17 bits per heavy atom. The van der Waals surface area contributed by atoms with Crippen LogP contribution < -0.4 is 5.73 Å². The molecule has 24 heavy (non-hydrogen) atoms. The molecule has 0 aliphatic heterocycles. The van der Waals surface area contributed by atoms with E-state index >= 15 is 0 Å². The Morgan fingerprint density at radius 3 is 1.71 bits per heavy atom. The van der Waals surface area contributed by atoms with Crippen LogP contribution in [0.15, 0.2) is 29.2 Å². The summed E-state index contributed by atoms with van der Waals surface area (Å²) in [5.74, 6) is 1.37. The molecule has 4 rings (SSSR count). The van der Waals surface area contributed by atoms with E-state index in [2.05, 4.69) is 24.3 Å². The summed E-state index contributed by atoms with van der Waals surface area (Å²) < 4.78 is 0. The van der Waals surface area contributed by atoms with Crippen LogP contribution in [-0.4, -0.2) is 0 Å². The molecule has 0 bridgehead atoms. The number of nitrogen functional groups attached to an aromatic ring is 1. The lowest BCUT2D eigenvalue weighted by Gasteiger charge is -2.28. The van der Waals surface area contributed by atoms with E-state index in [1.54, 1.807) is 0 Å². The number of rotatable bonds is 2. The summed E-state index contributed by atoms with van der Waals surface area (Å²) >= 11 is 4.84. The molecular weight excluding hydrogens is 310 g/mol. The SMILES string of the molecule is Nc1ccc(S)c2c(C3CCCCC3)ccc(C3CCCCC3)c12. The second-order valence-corrected chi connectivity index (χ2v) is 8.32. The lowest BCUT2D eigenvalue weighted by Crippen LogP contribution is -2.09. The fourth-order valence-corrected chi connectivity index (χ4v) is 5.38. The molecule has 0 amide bonds. The molecule has 2 fully saturated rings. The van der Waals surface area contributed by atoms with E-state index in [0.717, 1.165) is 10.6 Å². The van der Waals surface area contributed by atoms with E-state index in [1.165, 1.54) is 86.1 Å². The van der Waals surface area contributed by atoms with Crippen molar-refractivity contribution in [3.05, 3.63) is 35.4 Å². The zero-order valence-electron chi connectivity index (χ0n) is 14.6. The highest BCUT2D eigenvalue weighted by molar-refractivity contribution is 7.80. The predicted octanol–water partition coefficient (Wildman–Crippen LogP) is 6.81. The van der Waals surface area contributed by atoms with Crippen LogP contribution in [-0.2, 0) is 0 Å².